The molecule has 1 fully saturated rings. The maximum absolute atomic E-state index is 5.46. The lowest BCUT2D eigenvalue weighted by Crippen LogP contribution is -2.39. The molecule has 0 aromatic heterocycles. The molecule has 5 nitrogen and oxygen atoms in total. The van der Waals surface area contributed by atoms with Crippen LogP contribution in [0.3, 0.4) is 0 Å². The largest absolute Gasteiger partial charge is 0.497 e. The second-order valence-electron chi connectivity index (χ2n) is 6.38. The minimum atomic E-state index is 0.438. The highest BCUT2D eigenvalue weighted by molar-refractivity contribution is 5.80. The van der Waals surface area contributed by atoms with E-state index in [4.69, 9.17) is 14.5 Å². The van der Waals surface area contributed by atoms with Crippen molar-refractivity contribution < 1.29 is 9.47 Å². The van der Waals surface area contributed by atoms with Crippen molar-refractivity contribution in [3.8, 4) is 11.5 Å². The summed E-state index contributed by atoms with van der Waals surface area (Å²) in [6.45, 7) is 3.45. The molecule has 0 radical (unpaired) electrons. The summed E-state index contributed by atoms with van der Waals surface area (Å²) in [6, 6.07) is 16.9. The topological polar surface area (TPSA) is 54.9 Å². The van der Waals surface area contributed by atoms with Crippen molar-refractivity contribution in [3.63, 3.8) is 0 Å². The Kier molecular flexibility index (Phi) is 6.00. The van der Waals surface area contributed by atoms with Crippen LogP contribution in [-0.4, -0.2) is 32.8 Å². The Morgan fingerprint density at radius 3 is 2.62 bits per heavy atom. The van der Waals surface area contributed by atoms with E-state index in [-0.39, 0.29) is 0 Å². The molecule has 2 aromatic carbocycles. The molecule has 0 spiro atoms. The first-order valence-corrected chi connectivity index (χ1v) is 9.05. The van der Waals surface area contributed by atoms with E-state index in [1.807, 2.05) is 18.2 Å². The molecule has 2 N–H and O–H groups in total. The van der Waals surface area contributed by atoms with Gasteiger partial charge in [0, 0.05) is 30.1 Å². The van der Waals surface area contributed by atoms with Gasteiger partial charge in [-0.1, -0.05) is 30.3 Å². The van der Waals surface area contributed by atoms with E-state index < -0.39 is 0 Å². The van der Waals surface area contributed by atoms with Gasteiger partial charge < -0.3 is 20.1 Å². The Morgan fingerprint density at radius 2 is 1.92 bits per heavy atom. The first kappa shape index (κ1) is 18.1. The van der Waals surface area contributed by atoms with Gasteiger partial charge in [0.05, 0.1) is 20.8 Å². The Balaban J connectivity index is 1.65. The van der Waals surface area contributed by atoms with Crippen molar-refractivity contribution in [1.29, 1.82) is 0 Å². The van der Waals surface area contributed by atoms with E-state index in [9.17, 15) is 0 Å². The van der Waals surface area contributed by atoms with Crippen LogP contribution in [0.4, 0.5) is 0 Å². The minimum Gasteiger partial charge on any atom is -0.497 e. The normalized spacial score (nSPS) is 19.0. The number of guanidine groups is 1. The number of hydrogen-bond acceptors (Lipinski definition) is 3. The molecule has 1 aliphatic rings. The fourth-order valence-corrected chi connectivity index (χ4v) is 3.07. The Morgan fingerprint density at radius 1 is 1.12 bits per heavy atom. The predicted octanol–water partition coefficient (Wildman–Crippen LogP) is 3.32. The van der Waals surface area contributed by atoms with E-state index in [2.05, 4.69) is 47.9 Å². The lowest BCUT2D eigenvalue weighted by atomic mass is 10.1. The summed E-state index contributed by atoms with van der Waals surface area (Å²) < 4.78 is 10.7. The van der Waals surface area contributed by atoms with Crippen molar-refractivity contribution >= 4 is 5.96 Å². The van der Waals surface area contributed by atoms with Crippen LogP contribution in [0.2, 0.25) is 0 Å². The van der Waals surface area contributed by atoms with Gasteiger partial charge in [-0.05, 0) is 31.0 Å². The lowest BCUT2D eigenvalue weighted by Gasteiger charge is -2.13. The molecule has 0 bridgehead atoms. The van der Waals surface area contributed by atoms with Gasteiger partial charge in [0.15, 0.2) is 5.96 Å². The van der Waals surface area contributed by atoms with Crippen LogP contribution in [0.25, 0.3) is 0 Å². The molecule has 26 heavy (non-hydrogen) atoms. The second kappa shape index (κ2) is 8.61. The molecule has 5 heteroatoms. The van der Waals surface area contributed by atoms with Gasteiger partial charge in [-0.3, -0.25) is 0 Å². The molecule has 0 amide bonds. The summed E-state index contributed by atoms with van der Waals surface area (Å²) >= 11 is 0. The highest BCUT2D eigenvalue weighted by Crippen LogP contribution is 2.40. The zero-order valence-corrected chi connectivity index (χ0v) is 15.7. The molecule has 0 saturated heterocycles. The summed E-state index contributed by atoms with van der Waals surface area (Å²) in [7, 11) is 3.32. The van der Waals surface area contributed by atoms with Gasteiger partial charge in [0.2, 0.25) is 0 Å². The summed E-state index contributed by atoms with van der Waals surface area (Å²) in [6.07, 6.45) is 1.14. The SMILES string of the molecule is CCNC(=NCc1ccc(OC)cc1OC)NC1CC1c1ccccc1. The molecular weight excluding hydrogens is 326 g/mol. The third-order valence-electron chi connectivity index (χ3n) is 4.59. The summed E-state index contributed by atoms with van der Waals surface area (Å²) in [4.78, 5) is 4.73. The molecule has 0 heterocycles. The number of benzene rings is 2. The van der Waals surface area contributed by atoms with E-state index in [1.165, 1.54) is 5.56 Å². The van der Waals surface area contributed by atoms with Crippen LogP contribution in [0.1, 0.15) is 30.4 Å². The van der Waals surface area contributed by atoms with Crippen molar-refractivity contribution in [2.75, 3.05) is 20.8 Å². The van der Waals surface area contributed by atoms with E-state index in [1.54, 1.807) is 14.2 Å². The number of rotatable bonds is 7. The predicted molar refractivity (Wildman–Crippen MR) is 105 cm³/mol. The van der Waals surface area contributed by atoms with Gasteiger partial charge in [-0.2, -0.15) is 0 Å². The molecule has 1 saturated carbocycles. The van der Waals surface area contributed by atoms with Crippen molar-refractivity contribution in [2.45, 2.75) is 31.8 Å². The van der Waals surface area contributed by atoms with Crippen LogP contribution < -0.4 is 20.1 Å². The maximum Gasteiger partial charge on any atom is 0.191 e. The zero-order valence-electron chi connectivity index (χ0n) is 15.7. The van der Waals surface area contributed by atoms with Crippen molar-refractivity contribution in [1.82, 2.24) is 10.6 Å². The zero-order chi connectivity index (χ0) is 18.4. The monoisotopic (exact) mass is 353 g/mol. The van der Waals surface area contributed by atoms with Crippen LogP contribution in [-0.2, 0) is 6.54 Å². The van der Waals surface area contributed by atoms with Crippen LogP contribution in [0.5, 0.6) is 11.5 Å². The average molecular weight is 353 g/mol. The Bertz CT molecular complexity index is 746. The van der Waals surface area contributed by atoms with Crippen molar-refractivity contribution in [3.05, 3.63) is 59.7 Å². The van der Waals surface area contributed by atoms with Crippen LogP contribution >= 0.6 is 0 Å². The second-order valence-corrected chi connectivity index (χ2v) is 6.38. The number of nitrogens with one attached hydrogen (secondary N) is 2. The number of hydrogen-bond donors (Lipinski definition) is 2. The van der Waals surface area contributed by atoms with Crippen molar-refractivity contribution in [2.24, 2.45) is 4.99 Å². The van der Waals surface area contributed by atoms with E-state index >= 15 is 0 Å². The van der Waals surface area contributed by atoms with E-state index in [0.717, 1.165) is 36.0 Å². The van der Waals surface area contributed by atoms with Crippen LogP contribution in [0, 0.1) is 0 Å². The quantitative estimate of drug-likeness (QED) is 0.592. The summed E-state index contributed by atoms with van der Waals surface area (Å²) in [5, 5.41) is 6.87. The summed E-state index contributed by atoms with van der Waals surface area (Å²) in [5.41, 5.74) is 2.42. The molecule has 0 aliphatic heterocycles. The molecule has 3 rings (SSSR count). The number of methoxy groups -OCH3 is 2. The molecule has 138 valence electrons. The molecule has 1 aliphatic carbocycles. The first-order chi connectivity index (χ1) is 12.7. The van der Waals surface area contributed by atoms with Gasteiger partial charge in [-0.25, -0.2) is 4.99 Å². The van der Waals surface area contributed by atoms with Gasteiger partial charge in [-0.15, -0.1) is 0 Å². The minimum absolute atomic E-state index is 0.438. The van der Waals surface area contributed by atoms with Gasteiger partial charge >= 0.3 is 0 Å². The molecule has 2 aromatic rings. The smallest absolute Gasteiger partial charge is 0.191 e. The molecule has 2 atom stereocenters. The Hall–Kier alpha value is -2.69. The highest BCUT2D eigenvalue weighted by Gasteiger charge is 2.38. The fourth-order valence-electron chi connectivity index (χ4n) is 3.07. The Labute approximate surface area is 155 Å². The first-order valence-electron chi connectivity index (χ1n) is 9.05. The standard InChI is InChI=1S/C21H27N3O2/c1-4-22-21(24-19-13-18(19)15-8-6-5-7-9-15)23-14-16-10-11-17(25-2)12-20(16)26-3/h5-12,18-19H,4,13-14H2,1-3H3,(H2,22,23,24). The number of nitrogens with zero attached hydrogens (tertiary/aromatic N) is 1. The average Bonchev–Trinajstić information content (AvgIpc) is 3.46. The van der Waals surface area contributed by atoms with Gasteiger partial charge in [0.25, 0.3) is 0 Å². The summed E-state index contributed by atoms with van der Waals surface area (Å²) in [5.74, 6) is 2.98. The maximum atomic E-state index is 5.46. The van der Waals surface area contributed by atoms with Gasteiger partial charge in [0.1, 0.15) is 11.5 Å². The highest BCUT2D eigenvalue weighted by atomic mass is 16.5. The number of aliphatic imine (C=N–C) groups is 1. The fraction of sp³-hybridized carbons (Fsp3) is 0.381. The van der Waals surface area contributed by atoms with Crippen LogP contribution in [0.15, 0.2) is 53.5 Å². The third kappa shape index (κ3) is 4.48. The number of ether oxygens (including phenoxy) is 2. The van der Waals surface area contributed by atoms with E-state index in [0.29, 0.717) is 18.5 Å². The molecular formula is C21H27N3O2. The third-order valence-corrected chi connectivity index (χ3v) is 4.59. The lowest BCUT2D eigenvalue weighted by molar-refractivity contribution is 0.391. The molecule has 2 unspecified atom stereocenters.